The molecule has 2 fully saturated rings. The molecule has 6 nitrogen and oxygen atoms in total. The van der Waals surface area contributed by atoms with Crippen LogP contribution in [0.4, 0.5) is 5.69 Å². The lowest BCUT2D eigenvalue weighted by molar-refractivity contribution is 0.0734. The predicted molar refractivity (Wildman–Crippen MR) is 117 cm³/mol. The Labute approximate surface area is 182 Å². The van der Waals surface area contributed by atoms with E-state index in [2.05, 4.69) is 4.72 Å². The SMILES string of the molecule is CCOc1ccc(NS(=O)(=O)c2ccc(Cl)c(C(=O)N(CC3CC3)C3CC3)c2)cc1. The van der Waals surface area contributed by atoms with Crippen LogP contribution in [-0.2, 0) is 10.0 Å². The molecule has 160 valence electrons. The van der Waals surface area contributed by atoms with Crippen molar-refractivity contribution in [3.05, 3.63) is 53.1 Å². The number of halogens is 1. The Bertz CT molecular complexity index is 1030. The third-order valence-electron chi connectivity index (χ3n) is 5.30. The summed E-state index contributed by atoms with van der Waals surface area (Å²) in [5, 5.41) is 0.265. The molecule has 1 N–H and O–H groups in total. The van der Waals surface area contributed by atoms with Gasteiger partial charge in [0.25, 0.3) is 15.9 Å². The monoisotopic (exact) mass is 448 g/mol. The largest absolute Gasteiger partial charge is 0.494 e. The molecule has 2 aromatic carbocycles. The Morgan fingerprint density at radius 3 is 2.43 bits per heavy atom. The Morgan fingerprint density at radius 1 is 1.13 bits per heavy atom. The van der Waals surface area contributed by atoms with Gasteiger partial charge in [0, 0.05) is 18.3 Å². The van der Waals surface area contributed by atoms with Crippen LogP contribution < -0.4 is 9.46 Å². The molecule has 2 aliphatic carbocycles. The minimum atomic E-state index is -3.87. The predicted octanol–water partition coefficient (Wildman–Crippen LogP) is 4.55. The van der Waals surface area contributed by atoms with Gasteiger partial charge in [-0.15, -0.1) is 0 Å². The van der Waals surface area contributed by atoms with Crippen molar-refractivity contribution >= 4 is 33.2 Å². The summed E-state index contributed by atoms with van der Waals surface area (Å²) in [6.07, 6.45) is 4.27. The standard InChI is InChI=1S/C22H25ClN2O4S/c1-2-29-18-9-5-16(6-10-18)24-30(27,28)19-11-12-21(23)20(13-19)22(26)25(17-7-8-17)14-15-3-4-15/h5-6,9-13,15,17,24H,2-4,7-8,14H2,1H3. The van der Waals surface area contributed by atoms with E-state index in [1.54, 1.807) is 24.3 Å². The minimum Gasteiger partial charge on any atom is -0.494 e. The number of hydrogen-bond donors (Lipinski definition) is 1. The summed E-state index contributed by atoms with van der Waals surface area (Å²) in [5.41, 5.74) is 0.647. The van der Waals surface area contributed by atoms with Crippen LogP contribution in [0, 0.1) is 5.92 Å². The highest BCUT2D eigenvalue weighted by molar-refractivity contribution is 7.92. The molecule has 0 atom stereocenters. The summed E-state index contributed by atoms with van der Waals surface area (Å²) >= 11 is 6.29. The molecule has 4 rings (SSSR count). The number of anilines is 1. The molecule has 0 bridgehead atoms. The van der Waals surface area contributed by atoms with Crippen molar-refractivity contribution in [2.24, 2.45) is 5.92 Å². The molecular weight excluding hydrogens is 424 g/mol. The van der Waals surface area contributed by atoms with Gasteiger partial charge in [-0.1, -0.05) is 11.6 Å². The fourth-order valence-corrected chi connectivity index (χ4v) is 4.64. The molecule has 1 amide bonds. The minimum absolute atomic E-state index is 0.00584. The van der Waals surface area contributed by atoms with Gasteiger partial charge in [-0.2, -0.15) is 0 Å². The number of nitrogens with zero attached hydrogens (tertiary/aromatic N) is 1. The van der Waals surface area contributed by atoms with Gasteiger partial charge in [0.2, 0.25) is 0 Å². The summed E-state index contributed by atoms with van der Waals surface area (Å²) < 4.78 is 33.7. The number of sulfonamides is 1. The maximum Gasteiger partial charge on any atom is 0.261 e. The van der Waals surface area contributed by atoms with Crippen LogP contribution in [0.1, 0.15) is 43.0 Å². The highest BCUT2D eigenvalue weighted by Crippen LogP contribution is 2.36. The maximum absolute atomic E-state index is 13.2. The molecule has 0 heterocycles. The van der Waals surface area contributed by atoms with Gasteiger partial charge >= 0.3 is 0 Å². The van der Waals surface area contributed by atoms with E-state index in [4.69, 9.17) is 16.3 Å². The highest BCUT2D eigenvalue weighted by atomic mass is 35.5. The Kier molecular flexibility index (Phi) is 5.93. The number of carbonyl (C=O) groups is 1. The lowest BCUT2D eigenvalue weighted by Gasteiger charge is -2.23. The van der Waals surface area contributed by atoms with Crippen LogP contribution in [-0.4, -0.2) is 38.4 Å². The molecule has 30 heavy (non-hydrogen) atoms. The van der Waals surface area contributed by atoms with Gasteiger partial charge < -0.3 is 9.64 Å². The molecule has 0 saturated heterocycles. The second-order valence-corrected chi connectivity index (χ2v) is 9.93. The summed E-state index contributed by atoms with van der Waals surface area (Å²) in [6.45, 7) is 3.14. The van der Waals surface area contributed by atoms with Gasteiger partial charge in [0.05, 0.1) is 22.1 Å². The van der Waals surface area contributed by atoms with E-state index >= 15 is 0 Å². The van der Waals surface area contributed by atoms with Crippen LogP contribution in [0.5, 0.6) is 5.75 Å². The Morgan fingerprint density at radius 2 is 1.83 bits per heavy atom. The first kappa shape index (κ1) is 21.0. The van der Waals surface area contributed by atoms with Crippen molar-refractivity contribution in [3.8, 4) is 5.75 Å². The van der Waals surface area contributed by atoms with Gasteiger partial charge in [0.1, 0.15) is 5.75 Å². The summed E-state index contributed by atoms with van der Waals surface area (Å²) in [6, 6.07) is 11.2. The molecule has 2 saturated carbocycles. The van der Waals surface area contributed by atoms with E-state index in [0.717, 1.165) is 32.2 Å². The molecule has 8 heteroatoms. The number of rotatable bonds is 9. The fraction of sp³-hybridized carbons (Fsp3) is 0.409. The molecule has 2 aliphatic rings. The smallest absolute Gasteiger partial charge is 0.261 e. The van der Waals surface area contributed by atoms with Crippen molar-refractivity contribution < 1.29 is 17.9 Å². The lowest BCUT2D eigenvalue weighted by atomic mass is 10.2. The first-order chi connectivity index (χ1) is 14.4. The van der Waals surface area contributed by atoms with Gasteiger partial charge in [0.15, 0.2) is 0 Å². The zero-order valence-corrected chi connectivity index (χ0v) is 18.4. The normalized spacial score (nSPS) is 16.2. The average molecular weight is 449 g/mol. The van der Waals surface area contributed by atoms with Crippen molar-refractivity contribution in [2.45, 2.75) is 43.5 Å². The van der Waals surface area contributed by atoms with E-state index < -0.39 is 10.0 Å². The molecule has 0 unspecified atom stereocenters. The third kappa shape index (κ3) is 4.90. The first-order valence-electron chi connectivity index (χ1n) is 10.2. The Hall–Kier alpha value is -2.25. The molecule has 2 aromatic rings. The van der Waals surface area contributed by atoms with E-state index in [0.29, 0.717) is 24.0 Å². The van der Waals surface area contributed by atoms with Gasteiger partial charge in [-0.25, -0.2) is 8.42 Å². The number of nitrogens with one attached hydrogen (secondary N) is 1. The van der Waals surface area contributed by atoms with E-state index in [1.807, 2.05) is 11.8 Å². The first-order valence-corrected chi connectivity index (χ1v) is 12.1. The van der Waals surface area contributed by atoms with Gasteiger partial charge in [-0.05, 0) is 81.0 Å². The molecule has 0 radical (unpaired) electrons. The van der Waals surface area contributed by atoms with E-state index in [-0.39, 0.29) is 27.4 Å². The summed E-state index contributed by atoms with van der Waals surface area (Å²) in [4.78, 5) is 15.0. The maximum atomic E-state index is 13.2. The van der Waals surface area contributed by atoms with E-state index in [1.165, 1.54) is 18.2 Å². The van der Waals surface area contributed by atoms with E-state index in [9.17, 15) is 13.2 Å². The zero-order valence-electron chi connectivity index (χ0n) is 16.8. The van der Waals surface area contributed by atoms with Crippen molar-refractivity contribution in [1.82, 2.24) is 4.90 Å². The number of amides is 1. The lowest BCUT2D eigenvalue weighted by Crippen LogP contribution is -2.35. The number of hydrogen-bond acceptors (Lipinski definition) is 4. The molecular formula is C22H25ClN2O4S. The molecule has 0 aromatic heterocycles. The van der Waals surface area contributed by atoms with Crippen LogP contribution in [0.15, 0.2) is 47.4 Å². The fourth-order valence-electron chi connectivity index (χ4n) is 3.35. The summed E-state index contributed by atoms with van der Waals surface area (Å²) in [5.74, 6) is 1.03. The second-order valence-electron chi connectivity index (χ2n) is 7.84. The van der Waals surface area contributed by atoms with Crippen LogP contribution >= 0.6 is 11.6 Å². The van der Waals surface area contributed by atoms with Crippen LogP contribution in [0.25, 0.3) is 0 Å². The second kappa shape index (κ2) is 8.47. The molecule has 0 aliphatic heterocycles. The Balaban J connectivity index is 1.55. The van der Waals surface area contributed by atoms with Crippen LogP contribution in [0.3, 0.4) is 0 Å². The topological polar surface area (TPSA) is 75.7 Å². The average Bonchev–Trinajstić information content (AvgIpc) is 3.61. The van der Waals surface area contributed by atoms with Crippen molar-refractivity contribution in [2.75, 3.05) is 17.9 Å². The number of benzene rings is 2. The third-order valence-corrected chi connectivity index (χ3v) is 7.00. The van der Waals surface area contributed by atoms with Crippen molar-refractivity contribution in [3.63, 3.8) is 0 Å². The van der Waals surface area contributed by atoms with Crippen LogP contribution in [0.2, 0.25) is 5.02 Å². The highest BCUT2D eigenvalue weighted by Gasteiger charge is 2.37. The molecule has 0 spiro atoms. The summed E-state index contributed by atoms with van der Waals surface area (Å²) in [7, 11) is -3.87. The number of carbonyl (C=O) groups excluding carboxylic acids is 1. The van der Waals surface area contributed by atoms with Gasteiger partial charge in [-0.3, -0.25) is 9.52 Å². The zero-order chi connectivity index (χ0) is 21.3. The number of ether oxygens (including phenoxy) is 1. The quantitative estimate of drug-likeness (QED) is 0.610. The van der Waals surface area contributed by atoms with Crippen molar-refractivity contribution in [1.29, 1.82) is 0 Å².